The number of hydrogen-bond acceptors (Lipinski definition) is 5. The third kappa shape index (κ3) is 3.67. The van der Waals surface area contributed by atoms with Crippen LogP contribution in [0.15, 0.2) is 38.5 Å². The molecule has 1 amide bonds. The van der Waals surface area contributed by atoms with Crippen LogP contribution in [-0.4, -0.2) is 23.8 Å². The maximum absolute atomic E-state index is 11.8. The largest absolute Gasteiger partial charge is 0.503 e. The number of ether oxygens (including phenoxy) is 1. The Morgan fingerprint density at radius 3 is 2.95 bits per heavy atom. The zero-order valence-electron chi connectivity index (χ0n) is 12.1. The number of nitrogens with one attached hydrogen (secondary N) is 1. The molecule has 0 aliphatic heterocycles. The summed E-state index contributed by atoms with van der Waals surface area (Å²) in [6.07, 6.45) is 2.90. The summed E-state index contributed by atoms with van der Waals surface area (Å²) in [7, 11) is 0. The third-order valence-electron chi connectivity index (χ3n) is 2.83. The van der Waals surface area contributed by atoms with Gasteiger partial charge < -0.3 is 14.3 Å². The zero-order valence-corrected chi connectivity index (χ0v) is 13.7. The summed E-state index contributed by atoms with van der Waals surface area (Å²) in [5, 5.41) is 13.7. The van der Waals surface area contributed by atoms with Crippen LogP contribution in [0.1, 0.15) is 28.6 Å². The molecule has 2 N–H and O–H groups in total. The van der Waals surface area contributed by atoms with Gasteiger partial charge in [0.1, 0.15) is 5.76 Å². The van der Waals surface area contributed by atoms with Crippen molar-refractivity contribution < 1.29 is 19.1 Å². The molecular weight excluding hydrogens is 352 g/mol. The van der Waals surface area contributed by atoms with Gasteiger partial charge in [-0.2, -0.15) is 5.10 Å². The van der Waals surface area contributed by atoms with Crippen molar-refractivity contribution in [3.63, 3.8) is 0 Å². The van der Waals surface area contributed by atoms with Crippen molar-refractivity contribution >= 4 is 28.1 Å². The van der Waals surface area contributed by atoms with Crippen molar-refractivity contribution in [2.45, 2.75) is 13.8 Å². The molecule has 0 unspecified atom stereocenters. The standard InChI is InChI=1S/C15H15BrN2O4/c1-3-21-13-7-10(6-12(16)14(13)19)8-17-18-15(20)11-4-5-22-9(11)2/h4-8,19H,3H2,1-2H3,(H,18,20)/b17-8+. The van der Waals surface area contributed by atoms with Crippen molar-refractivity contribution in [3.8, 4) is 11.5 Å². The van der Waals surface area contributed by atoms with Gasteiger partial charge in [-0.05, 0) is 53.5 Å². The first-order chi connectivity index (χ1) is 10.5. The average Bonchev–Trinajstić information content (AvgIpc) is 2.90. The predicted molar refractivity (Wildman–Crippen MR) is 85.5 cm³/mol. The van der Waals surface area contributed by atoms with Crippen LogP contribution >= 0.6 is 15.9 Å². The number of halogens is 1. The second kappa shape index (κ2) is 7.13. The number of rotatable bonds is 5. The minimum Gasteiger partial charge on any atom is -0.503 e. The first-order valence-electron chi connectivity index (χ1n) is 6.55. The number of furan rings is 1. The normalized spacial score (nSPS) is 10.9. The number of aryl methyl sites for hydroxylation is 1. The maximum Gasteiger partial charge on any atom is 0.274 e. The van der Waals surface area contributed by atoms with Gasteiger partial charge in [-0.25, -0.2) is 5.43 Å². The monoisotopic (exact) mass is 366 g/mol. The molecular formula is C15H15BrN2O4. The van der Waals surface area contributed by atoms with Gasteiger partial charge in [-0.3, -0.25) is 4.79 Å². The average molecular weight is 367 g/mol. The van der Waals surface area contributed by atoms with Gasteiger partial charge in [0.05, 0.1) is 29.1 Å². The molecule has 2 rings (SSSR count). The molecule has 0 spiro atoms. The maximum atomic E-state index is 11.8. The van der Waals surface area contributed by atoms with Gasteiger partial charge in [-0.15, -0.1) is 0 Å². The summed E-state index contributed by atoms with van der Waals surface area (Å²) in [5.41, 5.74) is 3.51. The summed E-state index contributed by atoms with van der Waals surface area (Å²) in [5.74, 6) is 0.538. The van der Waals surface area contributed by atoms with Crippen LogP contribution in [0, 0.1) is 6.92 Å². The minimum absolute atomic E-state index is 0.0251. The molecule has 0 saturated carbocycles. The van der Waals surface area contributed by atoms with E-state index in [1.807, 2.05) is 6.92 Å². The lowest BCUT2D eigenvalue weighted by atomic mass is 10.2. The van der Waals surface area contributed by atoms with E-state index < -0.39 is 0 Å². The van der Waals surface area contributed by atoms with Crippen LogP contribution in [0.25, 0.3) is 0 Å². The predicted octanol–water partition coefficient (Wildman–Crippen LogP) is 3.22. The second-order valence-electron chi connectivity index (χ2n) is 4.37. The number of phenolic OH excluding ortho intramolecular Hbond substituents is 1. The number of carbonyl (C=O) groups is 1. The molecule has 0 fully saturated rings. The fraction of sp³-hybridized carbons (Fsp3) is 0.200. The molecule has 1 aromatic heterocycles. The molecule has 0 bridgehead atoms. The lowest BCUT2D eigenvalue weighted by Crippen LogP contribution is -2.17. The molecule has 1 aromatic carbocycles. The molecule has 0 saturated heterocycles. The number of phenols is 1. The number of carbonyl (C=O) groups excluding carboxylic acids is 1. The summed E-state index contributed by atoms with van der Waals surface area (Å²) in [6.45, 7) is 3.95. The van der Waals surface area contributed by atoms with Gasteiger partial charge >= 0.3 is 0 Å². The zero-order chi connectivity index (χ0) is 16.1. The SMILES string of the molecule is CCOc1cc(/C=N/NC(=O)c2ccoc2C)cc(Br)c1O. The molecule has 0 aliphatic carbocycles. The second-order valence-corrected chi connectivity index (χ2v) is 5.23. The molecule has 0 atom stereocenters. The van der Waals surface area contributed by atoms with Crippen LogP contribution in [-0.2, 0) is 0 Å². The van der Waals surface area contributed by atoms with Crippen molar-refractivity contribution in [1.29, 1.82) is 0 Å². The lowest BCUT2D eigenvalue weighted by molar-refractivity contribution is 0.0953. The van der Waals surface area contributed by atoms with E-state index in [0.29, 0.717) is 33.7 Å². The van der Waals surface area contributed by atoms with Crippen LogP contribution < -0.4 is 10.2 Å². The van der Waals surface area contributed by atoms with Crippen molar-refractivity contribution in [2.75, 3.05) is 6.61 Å². The smallest absolute Gasteiger partial charge is 0.274 e. The molecule has 7 heteroatoms. The number of benzene rings is 1. The molecule has 6 nitrogen and oxygen atoms in total. The minimum atomic E-state index is -0.356. The van der Waals surface area contributed by atoms with Crippen molar-refractivity contribution in [3.05, 3.63) is 45.8 Å². The van der Waals surface area contributed by atoms with E-state index >= 15 is 0 Å². The van der Waals surface area contributed by atoms with Crippen molar-refractivity contribution in [2.24, 2.45) is 5.10 Å². The Morgan fingerprint density at radius 1 is 1.55 bits per heavy atom. The van der Waals surface area contributed by atoms with Crippen LogP contribution in [0.2, 0.25) is 0 Å². The highest BCUT2D eigenvalue weighted by molar-refractivity contribution is 9.10. The molecule has 2 aromatic rings. The number of aromatic hydroxyl groups is 1. The van der Waals surface area contributed by atoms with E-state index in [4.69, 9.17) is 9.15 Å². The Kier molecular flexibility index (Phi) is 5.21. The number of amides is 1. The lowest BCUT2D eigenvalue weighted by Gasteiger charge is -2.08. The van der Waals surface area contributed by atoms with Gasteiger partial charge in [0.2, 0.25) is 0 Å². The van der Waals surface area contributed by atoms with Crippen LogP contribution in [0.5, 0.6) is 11.5 Å². The molecule has 0 radical (unpaired) electrons. The van der Waals surface area contributed by atoms with E-state index in [-0.39, 0.29) is 11.7 Å². The summed E-state index contributed by atoms with van der Waals surface area (Å²) in [4.78, 5) is 11.8. The molecule has 0 aliphatic rings. The molecule has 116 valence electrons. The number of hydrazone groups is 1. The van der Waals surface area contributed by atoms with Gasteiger partial charge in [0.15, 0.2) is 11.5 Å². The Bertz CT molecular complexity index is 710. The van der Waals surface area contributed by atoms with E-state index in [1.165, 1.54) is 12.5 Å². The summed E-state index contributed by atoms with van der Waals surface area (Å²) >= 11 is 3.24. The summed E-state index contributed by atoms with van der Waals surface area (Å²) in [6, 6.07) is 4.86. The van der Waals surface area contributed by atoms with E-state index in [9.17, 15) is 9.90 Å². The Balaban J connectivity index is 2.10. The van der Waals surface area contributed by atoms with Crippen molar-refractivity contribution in [1.82, 2.24) is 5.43 Å². The highest BCUT2D eigenvalue weighted by Gasteiger charge is 2.11. The van der Waals surface area contributed by atoms with Gasteiger partial charge in [0, 0.05) is 0 Å². The van der Waals surface area contributed by atoms with E-state index in [1.54, 1.807) is 25.1 Å². The first-order valence-corrected chi connectivity index (χ1v) is 7.35. The van der Waals surface area contributed by atoms with E-state index in [2.05, 4.69) is 26.5 Å². The Morgan fingerprint density at radius 2 is 2.32 bits per heavy atom. The first kappa shape index (κ1) is 16.1. The Hall–Kier alpha value is -2.28. The summed E-state index contributed by atoms with van der Waals surface area (Å²) < 4.78 is 10.9. The number of nitrogens with zero attached hydrogens (tertiary/aromatic N) is 1. The molecule has 1 heterocycles. The highest BCUT2D eigenvalue weighted by atomic mass is 79.9. The third-order valence-corrected chi connectivity index (χ3v) is 3.44. The van der Waals surface area contributed by atoms with Crippen LogP contribution in [0.3, 0.4) is 0 Å². The molecule has 22 heavy (non-hydrogen) atoms. The Labute approximate surface area is 135 Å². The fourth-order valence-corrected chi connectivity index (χ4v) is 2.24. The van der Waals surface area contributed by atoms with Crippen LogP contribution in [0.4, 0.5) is 0 Å². The topological polar surface area (TPSA) is 84.1 Å². The van der Waals surface area contributed by atoms with Gasteiger partial charge in [-0.1, -0.05) is 0 Å². The fourth-order valence-electron chi connectivity index (χ4n) is 1.78. The number of hydrogen-bond donors (Lipinski definition) is 2. The van der Waals surface area contributed by atoms with Gasteiger partial charge in [0.25, 0.3) is 5.91 Å². The highest BCUT2D eigenvalue weighted by Crippen LogP contribution is 2.34. The quantitative estimate of drug-likeness (QED) is 0.628. The van der Waals surface area contributed by atoms with E-state index in [0.717, 1.165) is 0 Å².